The Morgan fingerprint density at radius 1 is 1.29 bits per heavy atom. The summed E-state index contributed by atoms with van der Waals surface area (Å²) in [6.45, 7) is 5.90. The molecule has 7 heteroatoms. The molecule has 31 heavy (non-hydrogen) atoms. The van der Waals surface area contributed by atoms with E-state index in [0.717, 1.165) is 47.2 Å². The fraction of sp³-hybridized carbons (Fsp3) is 0.333. The summed E-state index contributed by atoms with van der Waals surface area (Å²) in [6, 6.07) is 7.86. The van der Waals surface area contributed by atoms with Crippen LogP contribution in [0, 0.1) is 0 Å². The number of nitrogens with zero attached hydrogens (tertiary/aromatic N) is 3. The number of carbonyl (C=O) groups is 1. The van der Waals surface area contributed by atoms with E-state index >= 15 is 0 Å². The number of pyridine rings is 3. The zero-order valence-electron chi connectivity index (χ0n) is 18.1. The maximum absolute atomic E-state index is 12.1. The summed E-state index contributed by atoms with van der Waals surface area (Å²) in [5.74, 6) is -0.184. The van der Waals surface area contributed by atoms with Gasteiger partial charge in [-0.05, 0) is 49.1 Å². The number of H-pyrrole nitrogens is 1. The molecule has 0 saturated carbocycles. The first-order valence-electron chi connectivity index (χ1n) is 10.6. The lowest BCUT2D eigenvalue weighted by Gasteiger charge is -2.21. The number of carbonyl (C=O) groups excluding carboxylic acids is 1. The molecule has 1 unspecified atom stereocenters. The van der Waals surface area contributed by atoms with Crippen molar-refractivity contribution in [2.24, 2.45) is 0 Å². The van der Waals surface area contributed by atoms with Crippen LogP contribution >= 0.6 is 0 Å². The van der Waals surface area contributed by atoms with Gasteiger partial charge in [0.25, 0.3) is 11.5 Å². The minimum absolute atomic E-state index is 0.0373. The van der Waals surface area contributed by atoms with E-state index in [9.17, 15) is 9.59 Å². The van der Waals surface area contributed by atoms with Crippen LogP contribution in [0.25, 0.3) is 17.1 Å². The van der Waals surface area contributed by atoms with Crippen molar-refractivity contribution in [3.8, 4) is 0 Å². The minimum Gasteiger partial charge on any atom is -0.354 e. The first kappa shape index (κ1) is 20.9. The van der Waals surface area contributed by atoms with Crippen LogP contribution in [0.4, 0.5) is 0 Å². The highest BCUT2D eigenvalue weighted by Gasteiger charge is 2.25. The minimum atomic E-state index is -0.184. The summed E-state index contributed by atoms with van der Waals surface area (Å²) in [4.78, 5) is 38.0. The Balaban J connectivity index is 1.49. The number of hydrogen-bond acceptors (Lipinski definition) is 5. The molecule has 2 N–H and O–H groups in total. The van der Waals surface area contributed by atoms with Crippen LogP contribution in [0.2, 0.25) is 0 Å². The van der Waals surface area contributed by atoms with Crippen LogP contribution in [-0.4, -0.2) is 45.4 Å². The number of rotatable bonds is 5. The molecule has 1 aliphatic heterocycles. The molecule has 3 aromatic rings. The summed E-state index contributed by atoms with van der Waals surface area (Å²) in [7, 11) is 1.60. The second-order valence-electron chi connectivity index (χ2n) is 7.93. The van der Waals surface area contributed by atoms with Gasteiger partial charge in [-0.3, -0.25) is 24.5 Å². The van der Waals surface area contributed by atoms with E-state index in [-0.39, 0.29) is 17.5 Å². The standard InChI is InChI=1S/C24H27N5O2/c1-4-18-11-21-22(28-23(18)30)10-17(13-27-21)14-29-8-7-19(15(29)2)9-16-5-6-20(26-12-16)24(31)25-3/h5-6,9-13,15H,4,7-8,14H2,1-3H3,(H,25,31)(H,28,30)/b19-9-. The van der Waals surface area contributed by atoms with E-state index in [0.29, 0.717) is 12.1 Å². The van der Waals surface area contributed by atoms with Gasteiger partial charge in [0.15, 0.2) is 0 Å². The predicted molar refractivity (Wildman–Crippen MR) is 122 cm³/mol. The van der Waals surface area contributed by atoms with E-state index in [2.05, 4.69) is 38.2 Å². The Morgan fingerprint density at radius 2 is 2.13 bits per heavy atom. The lowest BCUT2D eigenvalue weighted by molar-refractivity contribution is 0.0958. The predicted octanol–water partition coefficient (Wildman–Crippen LogP) is 2.92. The summed E-state index contributed by atoms with van der Waals surface area (Å²) in [6.07, 6.45) is 7.47. The second kappa shape index (κ2) is 8.81. The number of amides is 1. The van der Waals surface area contributed by atoms with Crippen molar-refractivity contribution >= 4 is 23.0 Å². The van der Waals surface area contributed by atoms with E-state index in [4.69, 9.17) is 0 Å². The van der Waals surface area contributed by atoms with Gasteiger partial charge in [0.05, 0.1) is 11.0 Å². The highest BCUT2D eigenvalue weighted by atomic mass is 16.1. The smallest absolute Gasteiger partial charge is 0.269 e. The van der Waals surface area contributed by atoms with Crippen LogP contribution in [0.3, 0.4) is 0 Å². The molecule has 4 heterocycles. The molecule has 0 aromatic carbocycles. The van der Waals surface area contributed by atoms with Crippen molar-refractivity contribution < 1.29 is 4.79 Å². The Morgan fingerprint density at radius 3 is 2.84 bits per heavy atom. The maximum Gasteiger partial charge on any atom is 0.269 e. The zero-order chi connectivity index (χ0) is 22.0. The molecule has 1 aliphatic rings. The molecule has 1 amide bonds. The quantitative estimate of drug-likeness (QED) is 0.666. The average molecular weight is 418 g/mol. The Labute approximate surface area is 181 Å². The molecular weight excluding hydrogens is 390 g/mol. The number of aromatic nitrogens is 3. The fourth-order valence-corrected chi connectivity index (χ4v) is 4.04. The van der Waals surface area contributed by atoms with Gasteiger partial charge < -0.3 is 10.3 Å². The lowest BCUT2D eigenvalue weighted by atomic mass is 10.1. The molecule has 0 aliphatic carbocycles. The third-order valence-corrected chi connectivity index (χ3v) is 5.96. The maximum atomic E-state index is 12.1. The van der Waals surface area contributed by atoms with Crippen LogP contribution in [0.15, 0.2) is 47.0 Å². The molecule has 0 radical (unpaired) electrons. The van der Waals surface area contributed by atoms with E-state index < -0.39 is 0 Å². The van der Waals surface area contributed by atoms with Crippen molar-refractivity contribution in [2.75, 3.05) is 13.6 Å². The van der Waals surface area contributed by atoms with Gasteiger partial charge in [-0.25, -0.2) is 0 Å². The molecule has 7 nitrogen and oxygen atoms in total. The molecule has 1 saturated heterocycles. The van der Waals surface area contributed by atoms with Gasteiger partial charge >= 0.3 is 0 Å². The highest BCUT2D eigenvalue weighted by Crippen LogP contribution is 2.27. The normalized spacial score (nSPS) is 18.0. The first-order chi connectivity index (χ1) is 15.0. The molecular formula is C24H27N5O2. The summed E-state index contributed by atoms with van der Waals surface area (Å²) < 4.78 is 0. The topological polar surface area (TPSA) is 91.0 Å². The van der Waals surface area contributed by atoms with Gasteiger partial charge in [-0.1, -0.05) is 24.6 Å². The SMILES string of the molecule is CCc1cc2ncc(CN3CC/C(=C/c4ccc(C(=O)NC)nc4)C3C)cc2[nH]c1=O. The Bertz CT molecular complexity index is 1200. The fourth-order valence-electron chi connectivity index (χ4n) is 4.04. The monoisotopic (exact) mass is 417 g/mol. The zero-order valence-corrected chi connectivity index (χ0v) is 18.1. The van der Waals surface area contributed by atoms with Gasteiger partial charge in [-0.15, -0.1) is 0 Å². The summed E-state index contributed by atoms with van der Waals surface area (Å²) in [5, 5.41) is 2.58. The number of hydrogen-bond donors (Lipinski definition) is 2. The number of aromatic amines is 1. The molecule has 1 atom stereocenters. The third kappa shape index (κ3) is 4.41. The number of likely N-dealkylation sites (tertiary alicyclic amines) is 1. The first-order valence-corrected chi connectivity index (χ1v) is 10.6. The van der Waals surface area contributed by atoms with Crippen molar-refractivity contribution in [1.82, 2.24) is 25.2 Å². The van der Waals surface area contributed by atoms with Crippen LogP contribution in [0.1, 0.15) is 47.4 Å². The summed E-state index contributed by atoms with van der Waals surface area (Å²) >= 11 is 0. The van der Waals surface area contributed by atoms with Crippen molar-refractivity contribution in [3.05, 3.63) is 75.0 Å². The molecule has 0 bridgehead atoms. The average Bonchev–Trinajstić information content (AvgIpc) is 3.12. The Kier molecular flexibility index (Phi) is 5.95. The number of nitrogens with one attached hydrogen (secondary N) is 2. The second-order valence-corrected chi connectivity index (χ2v) is 7.93. The highest BCUT2D eigenvalue weighted by molar-refractivity contribution is 5.92. The van der Waals surface area contributed by atoms with Gasteiger partial charge in [0.2, 0.25) is 0 Å². The lowest BCUT2D eigenvalue weighted by Crippen LogP contribution is -2.27. The van der Waals surface area contributed by atoms with Crippen molar-refractivity contribution in [1.29, 1.82) is 0 Å². The van der Waals surface area contributed by atoms with Gasteiger partial charge in [0, 0.05) is 44.1 Å². The van der Waals surface area contributed by atoms with Crippen LogP contribution < -0.4 is 10.9 Å². The molecule has 1 fully saturated rings. The number of aryl methyl sites for hydroxylation is 1. The molecule has 4 rings (SSSR count). The molecule has 3 aromatic heterocycles. The third-order valence-electron chi connectivity index (χ3n) is 5.96. The molecule has 0 spiro atoms. The van der Waals surface area contributed by atoms with E-state index in [1.807, 2.05) is 31.3 Å². The van der Waals surface area contributed by atoms with Gasteiger partial charge in [0.1, 0.15) is 5.69 Å². The van der Waals surface area contributed by atoms with Crippen LogP contribution in [0.5, 0.6) is 0 Å². The molecule has 160 valence electrons. The van der Waals surface area contributed by atoms with Crippen LogP contribution in [-0.2, 0) is 13.0 Å². The van der Waals surface area contributed by atoms with Crippen molar-refractivity contribution in [3.63, 3.8) is 0 Å². The summed E-state index contributed by atoms with van der Waals surface area (Å²) in [5.41, 5.74) is 6.15. The Hall–Kier alpha value is -3.32. The van der Waals surface area contributed by atoms with E-state index in [1.54, 1.807) is 19.3 Å². The largest absolute Gasteiger partial charge is 0.354 e. The van der Waals surface area contributed by atoms with E-state index in [1.165, 1.54) is 5.57 Å². The van der Waals surface area contributed by atoms with Gasteiger partial charge in [-0.2, -0.15) is 0 Å². The van der Waals surface area contributed by atoms with Crippen molar-refractivity contribution in [2.45, 2.75) is 39.3 Å². The number of fused-ring (bicyclic) bond motifs is 1.